The van der Waals surface area contributed by atoms with Crippen molar-refractivity contribution in [1.29, 1.82) is 0 Å². The first kappa shape index (κ1) is 15.5. The maximum absolute atomic E-state index is 12.9. The van der Waals surface area contributed by atoms with Crippen LogP contribution in [0.25, 0.3) is 0 Å². The summed E-state index contributed by atoms with van der Waals surface area (Å²) in [6.07, 6.45) is 1.10. The van der Waals surface area contributed by atoms with E-state index >= 15 is 0 Å². The van der Waals surface area contributed by atoms with Gasteiger partial charge in [0.15, 0.2) is 0 Å². The molecule has 2 amide bonds. The van der Waals surface area contributed by atoms with Crippen molar-refractivity contribution in [1.82, 2.24) is 5.32 Å². The van der Waals surface area contributed by atoms with Gasteiger partial charge in [-0.3, -0.25) is 9.59 Å². The van der Waals surface area contributed by atoms with Crippen molar-refractivity contribution < 1.29 is 14.3 Å². The van der Waals surface area contributed by atoms with Gasteiger partial charge in [-0.25, -0.2) is 0 Å². The molecule has 0 fully saturated rings. The molecule has 0 aromatic heterocycles. The fourth-order valence-electron chi connectivity index (χ4n) is 3.28. The van der Waals surface area contributed by atoms with Gasteiger partial charge in [-0.2, -0.15) is 0 Å². The van der Waals surface area contributed by atoms with Crippen molar-refractivity contribution >= 4 is 23.2 Å². The molecule has 25 heavy (non-hydrogen) atoms. The third-order valence-corrected chi connectivity index (χ3v) is 4.50. The number of nitrogens with one attached hydrogen (secondary N) is 3. The van der Waals surface area contributed by atoms with Gasteiger partial charge in [0.2, 0.25) is 5.91 Å². The Morgan fingerprint density at radius 1 is 1.16 bits per heavy atom. The summed E-state index contributed by atoms with van der Waals surface area (Å²) in [5, 5.41) is 9.13. The lowest BCUT2D eigenvalue weighted by atomic mass is 10.00. The van der Waals surface area contributed by atoms with Gasteiger partial charge in [-0.05, 0) is 18.2 Å². The van der Waals surface area contributed by atoms with Crippen molar-refractivity contribution in [2.75, 3.05) is 23.8 Å². The number of para-hydroxylation sites is 2. The molecule has 2 aliphatic rings. The van der Waals surface area contributed by atoms with E-state index in [0.717, 1.165) is 17.7 Å². The molecular formula is C19H19N3O3. The van der Waals surface area contributed by atoms with E-state index < -0.39 is 0 Å². The SMILES string of the molecule is O=C1CCNc2c(cccc2C(=O)NC2CCOc3ccccc32)N1. The van der Waals surface area contributed by atoms with E-state index in [1.165, 1.54) is 0 Å². The Labute approximate surface area is 145 Å². The zero-order valence-electron chi connectivity index (χ0n) is 13.7. The van der Waals surface area contributed by atoms with Gasteiger partial charge >= 0.3 is 0 Å². The van der Waals surface area contributed by atoms with Crippen LogP contribution in [0.3, 0.4) is 0 Å². The summed E-state index contributed by atoms with van der Waals surface area (Å²) in [5.41, 5.74) is 2.84. The van der Waals surface area contributed by atoms with Crippen LogP contribution in [-0.2, 0) is 4.79 Å². The first-order valence-electron chi connectivity index (χ1n) is 8.42. The number of rotatable bonds is 2. The fraction of sp³-hybridized carbons (Fsp3) is 0.263. The molecule has 0 saturated carbocycles. The zero-order valence-corrected chi connectivity index (χ0v) is 13.7. The number of carbonyl (C=O) groups is 2. The molecule has 2 aromatic rings. The van der Waals surface area contributed by atoms with E-state index in [1.54, 1.807) is 18.2 Å². The standard InChI is InChI=1S/C19H19N3O3/c23-17-8-10-20-18-13(5-3-6-15(18)21-17)19(24)22-14-9-11-25-16-7-2-1-4-12(14)16/h1-7,14,20H,8-11H2,(H,21,23)(H,22,24). The number of amides is 2. The predicted octanol–water partition coefficient (Wildman–Crippen LogP) is 2.69. The molecule has 1 atom stereocenters. The van der Waals surface area contributed by atoms with Gasteiger partial charge in [0.25, 0.3) is 5.91 Å². The van der Waals surface area contributed by atoms with Crippen LogP contribution >= 0.6 is 0 Å². The van der Waals surface area contributed by atoms with E-state index in [-0.39, 0.29) is 17.9 Å². The third kappa shape index (κ3) is 3.03. The van der Waals surface area contributed by atoms with Gasteiger partial charge in [-0.15, -0.1) is 0 Å². The van der Waals surface area contributed by atoms with Crippen LogP contribution in [0, 0.1) is 0 Å². The van der Waals surface area contributed by atoms with Crippen LogP contribution in [0.1, 0.15) is 34.8 Å². The summed E-state index contributed by atoms with van der Waals surface area (Å²) in [5.74, 6) is 0.598. The van der Waals surface area contributed by atoms with Gasteiger partial charge in [-0.1, -0.05) is 24.3 Å². The quantitative estimate of drug-likeness (QED) is 0.787. The first-order chi connectivity index (χ1) is 12.2. The number of hydrogen-bond acceptors (Lipinski definition) is 4. The topological polar surface area (TPSA) is 79.5 Å². The molecule has 0 bridgehead atoms. The Bertz CT molecular complexity index is 834. The number of ether oxygens (including phenoxy) is 1. The minimum atomic E-state index is -0.165. The second-order valence-electron chi connectivity index (χ2n) is 6.15. The largest absolute Gasteiger partial charge is 0.493 e. The molecule has 2 aliphatic heterocycles. The predicted molar refractivity (Wildman–Crippen MR) is 94.9 cm³/mol. The molecule has 0 saturated heterocycles. The Kier molecular flexibility index (Phi) is 4.01. The molecule has 6 nitrogen and oxygen atoms in total. The van der Waals surface area contributed by atoms with Crippen LogP contribution in [0.4, 0.5) is 11.4 Å². The number of fused-ring (bicyclic) bond motifs is 2. The molecule has 2 heterocycles. The van der Waals surface area contributed by atoms with Crippen LogP contribution in [0.2, 0.25) is 0 Å². The lowest BCUT2D eigenvalue weighted by Gasteiger charge is -2.27. The maximum atomic E-state index is 12.9. The Balaban J connectivity index is 1.61. The average molecular weight is 337 g/mol. The monoisotopic (exact) mass is 337 g/mol. The summed E-state index contributed by atoms with van der Waals surface area (Å²) in [6.45, 7) is 1.08. The molecular weight excluding hydrogens is 318 g/mol. The summed E-state index contributed by atoms with van der Waals surface area (Å²) >= 11 is 0. The maximum Gasteiger partial charge on any atom is 0.253 e. The van der Waals surface area contributed by atoms with E-state index in [9.17, 15) is 9.59 Å². The number of carbonyl (C=O) groups excluding carboxylic acids is 2. The lowest BCUT2D eigenvalue weighted by Crippen LogP contribution is -2.32. The number of benzene rings is 2. The molecule has 2 aromatic carbocycles. The van der Waals surface area contributed by atoms with Crippen molar-refractivity contribution in [2.45, 2.75) is 18.9 Å². The lowest BCUT2D eigenvalue weighted by molar-refractivity contribution is -0.115. The van der Waals surface area contributed by atoms with Gasteiger partial charge in [0, 0.05) is 24.9 Å². The third-order valence-electron chi connectivity index (χ3n) is 4.50. The van der Waals surface area contributed by atoms with Crippen molar-refractivity contribution in [2.24, 2.45) is 0 Å². The fourth-order valence-corrected chi connectivity index (χ4v) is 3.28. The van der Waals surface area contributed by atoms with Gasteiger partial charge in [0.05, 0.1) is 29.6 Å². The number of hydrogen-bond donors (Lipinski definition) is 3. The van der Waals surface area contributed by atoms with Crippen molar-refractivity contribution in [3.8, 4) is 5.75 Å². The smallest absolute Gasteiger partial charge is 0.253 e. The van der Waals surface area contributed by atoms with Gasteiger partial charge < -0.3 is 20.7 Å². The minimum absolute atomic E-state index is 0.0536. The summed E-state index contributed by atoms with van der Waals surface area (Å²) in [6, 6.07) is 13.0. The van der Waals surface area contributed by atoms with Crippen molar-refractivity contribution in [3.05, 3.63) is 53.6 Å². The zero-order chi connectivity index (χ0) is 17.2. The van der Waals surface area contributed by atoms with Crippen LogP contribution in [0.15, 0.2) is 42.5 Å². The summed E-state index contributed by atoms with van der Waals surface area (Å²) < 4.78 is 5.65. The Morgan fingerprint density at radius 2 is 2.04 bits per heavy atom. The summed E-state index contributed by atoms with van der Waals surface area (Å²) in [4.78, 5) is 24.6. The number of anilines is 2. The minimum Gasteiger partial charge on any atom is -0.493 e. The average Bonchev–Trinajstić information content (AvgIpc) is 2.82. The molecule has 0 spiro atoms. The molecule has 1 unspecified atom stereocenters. The Hall–Kier alpha value is -3.02. The normalized spacial score (nSPS) is 18.6. The Morgan fingerprint density at radius 3 is 2.96 bits per heavy atom. The van der Waals surface area contributed by atoms with E-state index in [0.29, 0.717) is 36.5 Å². The second-order valence-corrected chi connectivity index (χ2v) is 6.15. The highest BCUT2D eigenvalue weighted by atomic mass is 16.5. The highest BCUT2D eigenvalue weighted by molar-refractivity contribution is 6.06. The van der Waals surface area contributed by atoms with Crippen molar-refractivity contribution in [3.63, 3.8) is 0 Å². The van der Waals surface area contributed by atoms with E-state index in [2.05, 4.69) is 16.0 Å². The molecule has 128 valence electrons. The van der Waals surface area contributed by atoms with Gasteiger partial charge in [0.1, 0.15) is 5.75 Å². The van der Waals surface area contributed by atoms with Crippen LogP contribution in [0.5, 0.6) is 5.75 Å². The van der Waals surface area contributed by atoms with E-state index in [1.807, 2.05) is 24.3 Å². The van der Waals surface area contributed by atoms with E-state index in [4.69, 9.17) is 4.74 Å². The highest BCUT2D eigenvalue weighted by Crippen LogP contribution is 2.33. The molecule has 0 radical (unpaired) electrons. The first-order valence-corrected chi connectivity index (χ1v) is 8.42. The molecule has 3 N–H and O–H groups in total. The van der Waals surface area contributed by atoms with Crippen LogP contribution < -0.4 is 20.7 Å². The summed E-state index contributed by atoms with van der Waals surface area (Å²) in [7, 11) is 0. The molecule has 0 aliphatic carbocycles. The molecule has 6 heteroatoms. The highest BCUT2D eigenvalue weighted by Gasteiger charge is 2.25. The molecule has 4 rings (SSSR count). The second kappa shape index (κ2) is 6.47. The van der Waals surface area contributed by atoms with Crippen LogP contribution in [-0.4, -0.2) is 25.0 Å².